The minimum Gasteiger partial charge on any atom is -0.494 e. The third-order valence-corrected chi connectivity index (χ3v) is 3.63. The summed E-state index contributed by atoms with van der Waals surface area (Å²) >= 11 is 0. The van der Waals surface area contributed by atoms with Gasteiger partial charge in [0.25, 0.3) is 5.56 Å². The Morgan fingerprint density at radius 1 is 1.35 bits per heavy atom. The molecule has 0 amide bonds. The number of nitrogens with one attached hydrogen (secondary N) is 1. The van der Waals surface area contributed by atoms with Crippen LogP contribution < -0.4 is 11.2 Å². The Morgan fingerprint density at radius 2 is 2.00 bits per heavy atom. The fourth-order valence-corrected chi connectivity index (χ4v) is 2.48. The Labute approximate surface area is 99.1 Å². The van der Waals surface area contributed by atoms with Gasteiger partial charge in [0, 0.05) is 6.54 Å². The van der Waals surface area contributed by atoms with Crippen molar-refractivity contribution in [2.24, 2.45) is 5.92 Å². The topological polar surface area (TPSA) is 75.1 Å². The van der Waals surface area contributed by atoms with Crippen LogP contribution in [0.25, 0.3) is 0 Å². The summed E-state index contributed by atoms with van der Waals surface area (Å²) in [4.78, 5) is 25.0. The number of nitrogens with zero attached hydrogens (tertiary/aromatic N) is 1. The quantitative estimate of drug-likeness (QED) is 0.829. The average molecular weight is 238 g/mol. The molecule has 2 N–H and O–H groups in total. The van der Waals surface area contributed by atoms with E-state index in [2.05, 4.69) is 4.98 Å². The van der Waals surface area contributed by atoms with Crippen LogP contribution in [0.5, 0.6) is 5.88 Å². The Balaban J connectivity index is 2.17. The summed E-state index contributed by atoms with van der Waals surface area (Å²) in [6.45, 7) is 1.99. The molecular formula is C12H18N2O3. The fraction of sp³-hybridized carbons (Fsp3) is 0.667. The van der Waals surface area contributed by atoms with Crippen molar-refractivity contribution < 1.29 is 5.11 Å². The lowest BCUT2D eigenvalue weighted by molar-refractivity contribution is 0.370. The molecule has 1 heterocycles. The van der Waals surface area contributed by atoms with Crippen LogP contribution in [0.4, 0.5) is 0 Å². The highest BCUT2D eigenvalue weighted by Crippen LogP contribution is 2.28. The molecule has 1 aliphatic carbocycles. The van der Waals surface area contributed by atoms with Gasteiger partial charge in [-0.3, -0.25) is 14.3 Å². The lowest BCUT2D eigenvalue weighted by Gasteiger charge is -2.12. The van der Waals surface area contributed by atoms with Crippen molar-refractivity contribution in [3.8, 4) is 5.88 Å². The Morgan fingerprint density at radius 3 is 2.65 bits per heavy atom. The molecule has 1 aliphatic rings. The second-order valence-electron chi connectivity index (χ2n) is 4.80. The summed E-state index contributed by atoms with van der Waals surface area (Å²) in [6.07, 6.45) is 5.82. The molecule has 0 atom stereocenters. The summed E-state index contributed by atoms with van der Waals surface area (Å²) in [6, 6.07) is 0. The average Bonchev–Trinajstić information content (AvgIpc) is 2.79. The maximum atomic E-state index is 11.6. The second-order valence-corrected chi connectivity index (χ2v) is 4.80. The van der Waals surface area contributed by atoms with Crippen LogP contribution in [-0.2, 0) is 6.54 Å². The second kappa shape index (κ2) is 4.77. The molecule has 1 aromatic heterocycles. The highest BCUT2D eigenvalue weighted by atomic mass is 16.3. The highest BCUT2D eigenvalue weighted by molar-refractivity contribution is 5.20. The Kier molecular flexibility index (Phi) is 3.36. The SMILES string of the molecule is Cc1c(O)n(CCC2CCCC2)c(=O)[nH]c1=O. The first kappa shape index (κ1) is 12.0. The van der Waals surface area contributed by atoms with E-state index in [-0.39, 0.29) is 11.4 Å². The van der Waals surface area contributed by atoms with Crippen molar-refractivity contribution in [3.63, 3.8) is 0 Å². The molecule has 94 valence electrons. The van der Waals surface area contributed by atoms with Gasteiger partial charge in [-0.1, -0.05) is 25.7 Å². The first-order valence-corrected chi connectivity index (χ1v) is 6.12. The molecule has 0 bridgehead atoms. The standard InChI is InChI=1S/C12H18N2O3/c1-8-10(15)13-12(17)14(11(8)16)7-6-9-4-2-3-5-9/h9,16H,2-7H2,1H3,(H,13,15,17). The predicted molar refractivity (Wildman–Crippen MR) is 64.3 cm³/mol. The predicted octanol–water partition coefficient (Wildman–Crippen LogP) is 1.13. The van der Waals surface area contributed by atoms with Gasteiger partial charge in [-0.15, -0.1) is 0 Å². The fourth-order valence-electron chi connectivity index (χ4n) is 2.48. The van der Waals surface area contributed by atoms with Gasteiger partial charge in [0.15, 0.2) is 0 Å². The molecule has 17 heavy (non-hydrogen) atoms. The van der Waals surface area contributed by atoms with Crippen molar-refractivity contribution in [2.45, 2.75) is 45.6 Å². The summed E-state index contributed by atoms with van der Waals surface area (Å²) in [5, 5.41) is 9.78. The van der Waals surface area contributed by atoms with Crippen molar-refractivity contribution in [2.75, 3.05) is 0 Å². The van der Waals surface area contributed by atoms with Crippen LogP contribution in [0.1, 0.15) is 37.7 Å². The van der Waals surface area contributed by atoms with E-state index in [9.17, 15) is 14.7 Å². The summed E-state index contributed by atoms with van der Waals surface area (Å²) < 4.78 is 1.26. The largest absolute Gasteiger partial charge is 0.494 e. The number of H-pyrrole nitrogens is 1. The number of hydrogen-bond acceptors (Lipinski definition) is 3. The van der Waals surface area contributed by atoms with Crippen LogP contribution >= 0.6 is 0 Å². The van der Waals surface area contributed by atoms with Gasteiger partial charge < -0.3 is 5.11 Å². The molecule has 5 nitrogen and oxygen atoms in total. The summed E-state index contributed by atoms with van der Waals surface area (Å²) in [7, 11) is 0. The van der Waals surface area contributed by atoms with Crippen molar-refractivity contribution in [1.82, 2.24) is 9.55 Å². The van der Waals surface area contributed by atoms with E-state index >= 15 is 0 Å². The van der Waals surface area contributed by atoms with Gasteiger partial charge in [0.2, 0.25) is 5.88 Å². The lowest BCUT2D eigenvalue weighted by Crippen LogP contribution is -2.31. The van der Waals surface area contributed by atoms with Crippen LogP contribution in [-0.4, -0.2) is 14.7 Å². The van der Waals surface area contributed by atoms with Gasteiger partial charge in [-0.25, -0.2) is 4.79 Å². The molecule has 1 saturated carbocycles. The van der Waals surface area contributed by atoms with E-state index in [1.54, 1.807) is 0 Å². The van der Waals surface area contributed by atoms with Crippen molar-refractivity contribution in [1.29, 1.82) is 0 Å². The molecule has 2 rings (SSSR count). The van der Waals surface area contributed by atoms with Gasteiger partial charge in [-0.05, 0) is 19.3 Å². The molecule has 0 aliphatic heterocycles. The number of aromatic nitrogens is 2. The van der Waals surface area contributed by atoms with Crippen LogP contribution in [0.3, 0.4) is 0 Å². The van der Waals surface area contributed by atoms with Crippen molar-refractivity contribution >= 4 is 0 Å². The van der Waals surface area contributed by atoms with Crippen LogP contribution in [0.2, 0.25) is 0 Å². The van der Waals surface area contributed by atoms with E-state index in [1.165, 1.54) is 37.2 Å². The van der Waals surface area contributed by atoms with Crippen LogP contribution in [0, 0.1) is 12.8 Å². The normalized spacial score (nSPS) is 16.5. The van der Waals surface area contributed by atoms with Gasteiger partial charge in [0.05, 0.1) is 5.56 Å². The lowest BCUT2D eigenvalue weighted by atomic mass is 10.0. The minimum atomic E-state index is -0.518. The van der Waals surface area contributed by atoms with E-state index in [0.717, 1.165) is 6.42 Å². The Hall–Kier alpha value is -1.52. The third kappa shape index (κ3) is 2.43. The molecule has 0 saturated heterocycles. The third-order valence-electron chi connectivity index (χ3n) is 3.63. The molecule has 5 heteroatoms. The number of aromatic amines is 1. The zero-order chi connectivity index (χ0) is 12.4. The molecule has 0 unspecified atom stereocenters. The number of aromatic hydroxyl groups is 1. The van der Waals surface area contributed by atoms with Gasteiger partial charge in [0.1, 0.15) is 0 Å². The van der Waals surface area contributed by atoms with Crippen molar-refractivity contribution in [3.05, 3.63) is 26.4 Å². The number of hydrogen-bond donors (Lipinski definition) is 2. The van der Waals surface area contributed by atoms with E-state index in [4.69, 9.17) is 0 Å². The zero-order valence-corrected chi connectivity index (χ0v) is 10.0. The minimum absolute atomic E-state index is 0.197. The molecule has 1 fully saturated rings. The molecule has 0 radical (unpaired) electrons. The van der Waals surface area contributed by atoms with Gasteiger partial charge >= 0.3 is 5.69 Å². The van der Waals surface area contributed by atoms with Gasteiger partial charge in [-0.2, -0.15) is 0 Å². The summed E-state index contributed by atoms with van der Waals surface area (Å²) in [5.41, 5.74) is -0.822. The van der Waals surface area contributed by atoms with E-state index < -0.39 is 11.2 Å². The number of rotatable bonds is 3. The molecule has 1 aromatic rings. The molecule has 0 spiro atoms. The highest BCUT2D eigenvalue weighted by Gasteiger charge is 2.16. The monoisotopic (exact) mass is 238 g/mol. The molecule has 0 aromatic carbocycles. The first-order chi connectivity index (χ1) is 8.09. The maximum Gasteiger partial charge on any atom is 0.331 e. The van der Waals surface area contributed by atoms with Crippen LogP contribution in [0.15, 0.2) is 9.59 Å². The van der Waals surface area contributed by atoms with E-state index in [1.807, 2.05) is 0 Å². The first-order valence-electron chi connectivity index (χ1n) is 6.12. The Bertz CT molecular complexity index is 509. The zero-order valence-electron chi connectivity index (χ0n) is 10.0. The molecular weight excluding hydrogens is 220 g/mol. The van der Waals surface area contributed by atoms with E-state index in [0.29, 0.717) is 12.5 Å². The maximum absolute atomic E-state index is 11.6. The smallest absolute Gasteiger partial charge is 0.331 e. The summed E-state index contributed by atoms with van der Waals surface area (Å²) in [5.74, 6) is 0.449.